The minimum atomic E-state index is -1.55. The highest BCUT2D eigenvalue weighted by molar-refractivity contribution is 5.76. The molecule has 0 saturated carbocycles. The Morgan fingerprint density at radius 1 is 0.366 bits per heavy atom. The minimum absolute atomic E-state index is 0.132. The minimum Gasteiger partial charge on any atom is -0.394 e. The van der Waals surface area contributed by atoms with Crippen molar-refractivity contribution in [1.29, 1.82) is 0 Å². The molecule has 1 amide bonds. The number of aliphatic hydroxyl groups excluding tert-OH is 5. The van der Waals surface area contributed by atoms with Gasteiger partial charge in [-0.2, -0.15) is 0 Å². The summed E-state index contributed by atoms with van der Waals surface area (Å²) in [5, 5.41) is 55.1. The molecule has 1 aliphatic rings. The van der Waals surface area contributed by atoms with E-state index in [1.807, 2.05) is 0 Å². The summed E-state index contributed by atoms with van der Waals surface area (Å²) in [7, 11) is 0. The zero-order chi connectivity index (χ0) is 67.1. The normalized spacial score (nSPS) is 17.6. The SMILES string of the molecule is CCCCCCC/C=C\C/C=C\CCCCCCCCCCCCCCCCCCCCCCCCCCCC(=O)NC(COC1OC(CO)C(O)C(O)C1O)C(O)CCCCCCCCCCCCCCCCCCCCCCCCCCCCCCCCCCC. The summed E-state index contributed by atoms with van der Waals surface area (Å²) in [4.78, 5) is 13.2. The molecule has 7 atom stereocenters. The van der Waals surface area contributed by atoms with Crippen LogP contribution in [0.15, 0.2) is 24.3 Å². The van der Waals surface area contributed by atoms with Crippen molar-refractivity contribution >= 4 is 5.91 Å². The summed E-state index contributed by atoms with van der Waals surface area (Å²) in [6, 6.07) is -0.718. The summed E-state index contributed by atoms with van der Waals surface area (Å²) in [5.74, 6) is -0.133. The molecular weight excluding hydrogens is 1150 g/mol. The van der Waals surface area contributed by atoms with Crippen LogP contribution in [0, 0.1) is 0 Å². The number of hydrogen-bond acceptors (Lipinski definition) is 8. The summed E-state index contributed by atoms with van der Waals surface area (Å²) in [6.45, 7) is 3.90. The van der Waals surface area contributed by atoms with Crippen molar-refractivity contribution in [2.24, 2.45) is 0 Å². The highest BCUT2D eigenvalue weighted by Crippen LogP contribution is 2.25. The number of carbonyl (C=O) groups excluding carboxylic acids is 1. The van der Waals surface area contributed by atoms with Crippen molar-refractivity contribution in [1.82, 2.24) is 5.32 Å². The number of carbonyl (C=O) groups is 1. The van der Waals surface area contributed by atoms with Crippen LogP contribution in [-0.2, 0) is 14.3 Å². The molecule has 0 bridgehead atoms. The molecule has 0 aromatic rings. The summed E-state index contributed by atoms with van der Waals surface area (Å²) in [6.07, 6.45) is 91.7. The van der Waals surface area contributed by atoms with Crippen molar-refractivity contribution in [3.63, 3.8) is 0 Å². The van der Waals surface area contributed by atoms with Gasteiger partial charge in [-0.3, -0.25) is 4.79 Å². The number of amides is 1. The monoisotopic (exact) mass is 1310 g/mol. The number of ether oxygens (including phenoxy) is 2. The molecule has 0 aromatic heterocycles. The van der Waals surface area contributed by atoms with E-state index >= 15 is 0 Å². The topological polar surface area (TPSA) is 149 Å². The van der Waals surface area contributed by atoms with Gasteiger partial charge in [0.2, 0.25) is 5.91 Å². The zero-order valence-electron chi connectivity index (χ0n) is 62.3. The third-order valence-corrected chi connectivity index (χ3v) is 20.6. The summed E-state index contributed by atoms with van der Waals surface area (Å²) >= 11 is 0. The molecule has 9 heteroatoms. The van der Waals surface area contributed by atoms with E-state index in [9.17, 15) is 30.3 Å². The number of nitrogens with one attached hydrogen (secondary N) is 1. The number of aliphatic hydroxyl groups is 5. The molecule has 9 nitrogen and oxygen atoms in total. The molecule has 0 aromatic carbocycles. The van der Waals surface area contributed by atoms with Crippen LogP contribution < -0.4 is 5.32 Å². The van der Waals surface area contributed by atoms with Crippen LogP contribution in [0.25, 0.3) is 0 Å². The van der Waals surface area contributed by atoms with Gasteiger partial charge in [-0.05, 0) is 44.9 Å². The van der Waals surface area contributed by atoms with E-state index in [1.165, 1.54) is 379 Å². The van der Waals surface area contributed by atoms with Crippen molar-refractivity contribution in [3.05, 3.63) is 24.3 Å². The predicted molar refractivity (Wildman–Crippen MR) is 401 cm³/mol. The maximum absolute atomic E-state index is 13.2. The van der Waals surface area contributed by atoms with Gasteiger partial charge in [-0.1, -0.05) is 423 Å². The van der Waals surface area contributed by atoms with Gasteiger partial charge in [0, 0.05) is 6.42 Å². The van der Waals surface area contributed by atoms with Gasteiger partial charge in [0.25, 0.3) is 0 Å². The van der Waals surface area contributed by atoms with Crippen LogP contribution in [0.1, 0.15) is 450 Å². The molecular formula is C84H163NO8. The first-order valence-corrected chi connectivity index (χ1v) is 42.0. The van der Waals surface area contributed by atoms with Gasteiger partial charge >= 0.3 is 0 Å². The van der Waals surface area contributed by atoms with Gasteiger partial charge in [0.05, 0.1) is 25.4 Å². The second-order valence-electron chi connectivity index (χ2n) is 29.6. The molecule has 1 saturated heterocycles. The van der Waals surface area contributed by atoms with E-state index in [0.717, 1.165) is 44.9 Å². The second-order valence-corrected chi connectivity index (χ2v) is 29.6. The Kier molecular flexibility index (Phi) is 70.8. The maximum Gasteiger partial charge on any atom is 0.220 e. The molecule has 1 heterocycles. The predicted octanol–water partition coefficient (Wildman–Crippen LogP) is 24.3. The number of allylic oxidation sites excluding steroid dienone is 4. The first-order valence-electron chi connectivity index (χ1n) is 42.0. The molecule has 552 valence electrons. The van der Waals surface area contributed by atoms with Gasteiger partial charge in [0.1, 0.15) is 24.4 Å². The van der Waals surface area contributed by atoms with Crippen LogP contribution in [0.3, 0.4) is 0 Å². The molecule has 0 aliphatic carbocycles. The highest BCUT2D eigenvalue weighted by Gasteiger charge is 2.44. The average molecular weight is 1320 g/mol. The van der Waals surface area contributed by atoms with Gasteiger partial charge in [0.15, 0.2) is 6.29 Å². The quantitative estimate of drug-likeness (QED) is 0.0261. The summed E-state index contributed by atoms with van der Waals surface area (Å²) < 4.78 is 11.4. The fourth-order valence-electron chi connectivity index (χ4n) is 14.0. The highest BCUT2D eigenvalue weighted by atomic mass is 16.7. The standard InChI is InChI=1S/C84H163NO8/c1-3-5-7-9-11-13-15-17-19-21-23-25-27-29-31-33-35-37-38-39-40-42-44-46-48-50-52-54-56-58-60-62-64-66-68-70-72-74-80(88)85-77(76-92-84-83(91)82(90)81(89)79(75-86)93-84)78(87)73-71-69-67-65-63-61-59-57-55-53-51-49-47-45-43-41-36-34-32-30-28-26-24-22-20-18-16-14-12-10-8-6-4-2/h15,17,21,23,77-79,81-84,86-87,89-91H,3-14,16,18-20,22,24-76H2,1-2H3,(H,85,88)/b17-15-,23-21-. The first-order chi connectivity index (χ1) is 45.8. The van der Waals surface area contributed by atoms with Crippen molar-refractivity contribution in [2.45, 2.75) is 493 Å². The van der Waals surface area contributed by atoms with E-state index in [0.29, 0.717) is 12.8 Å². The zero-order valence-corrected chi connectivity index (χ0v) is 62.3. The molecule has 1 aliphatic heterocycles. The van der Waals surface area contributed by atoms with Crippen molar-refractivity contribution in [2.75, 3.05) is 13.2 Å². The third-order valence-electron chi connectivity index (χ3n) is 20.6. The average Bonchev–Trinajstić information content (AvgIpc) is 1.01. The van der Waals surface area contributed by atoms with Gasteiger partial charge in [-0.25, -0.2) is 0 Å². The van der Waals surface area contributed by atoms with E-state index in [2.05, 4.69) is 43.5 Å². The Bertz CT molecular complexity index is 1530. The molecule has 93 heavy (non-hydrogen) atoms. The number of hydrogen-bond donors (Lipinski definition) is 6. The molecule has 0 spiro atoms. The van der Waals surface area contributed by atoms with Crippen LogP contribution in [0.2, 0.25) is 0 Å². The Morgan fingerprint density at radius 2 is 0.634 bits per heavy atom. The Balaban J connectivity index is 2.02. The molecule has 0 radical (unpaired) electrons. The second kappa shape index (κ2) is 73.4. The smallest absolute Gasteiger partial charge is 0.220 e. The third kappa shape index (κ3) is 61.5. The van der Waals surface area contributed by atoms with E-state index in [1.54, 1.807) is 0 Å². The Labute approximate surface area is 579 Å². The van der Waals surface area contributed by atoms with Gasteiger partial charge < -0.3 is 40.3 Å². The molecule has 1 fully saturated rings. The first kappa shape index (κ1) is 89.7. The lowest BCUT2D eigenvalue weighted by Gasteiger charge is -2.40. The fraction of sp³-hybridized carbons (Fsp3) is 0.940. The maximum atomic E-state index is 13.2. The fourth-order valence-corrected chi connectivity index (χ4v) is 14.0. The number of rotatable bonds is 76. The van der Waals surface area contributed by atoms with Crippen LogP contribution >= 0.6 is 0 Å². The molecule has 6 N–H and O–H groups in total. The lowest BCUT2D eigenvalue weighted by molar-refractivity contribution is -0.302. The van der Waals surface area contributed by atoms with Gasteiger partial charge in [-0.15, -0.1) is 0 Å². The van der Waals surface area contributed by atoms with Crippen LogP contribution in [0.5, 0.6) is 0 Å². The summed E-state index contributed by atoms with van der Waals surface area (Å²) in [5.41, 5.74) is 0. The van der Waals surface area contributed by atoms with E-state index in [-0.39, 0.29) is 12.5 Å². The Morgan fingerprint density at radius 3 is 0.925 bits per heavy atom. The van der Waals surface area contributed by atoms with E-state index in [4.69, 9.17) is 9.47 Å². The van der Waals surface area contributed by atoms with Crippen LogP contribution in [-0.4, -0.2) is 87.5 Å². The number of unbranched alkanes of at least 4 members (excludes halogenated alkanes) is 62. The van der Waals surface area contributed by atoms with Crippen molar-refractivity contribution in [3.8, 4) is 0 Å². The Hall–Kier alpha value is -1.33. The lowest BCUT2D eigenvalue weighted by atomic mass is 9.99. The molecule has 7 unspecified atom stereocenters. The van der Waals surface area contributed by atoms with E-state index < -0.39 is 49.5 Å². The molecule has 1 rings (SSSR count). The largest absolute Gasteiger partial charge is 0.394 e. The van der Waals surface area contributed by atoms with Crippen molar-refractivity contribution < 1.29 is 39.8 Å². The lowest BCUT2D eigenvalue weighted by Crippen LogP contribution is -2.60. The van der Waals surface area contributed by atoms with Crippen LogP contribution in [0.4, 0.5) is 0 Å².